The monoisotopic (exact) mass is 515 g/mol. The van der Waals surface area contributed by atoms with Crippen molar-refractivity contribution in [2.45, 2.75) is 23.7 Å². The molecular formula is C28H30BN3O4S. The molecule has 2 N–H and O–H groups in total. The summed E-state index contributed by atoms with van der Waals surface area (Å²) in [6.07, 6.45) is 2.06. The summed E-state index contributed by atoms with van der Waals surface area (Å²) in [6.45, 7) is 1.87. The Morgan fingerprint density at radius 3 is 1.86 bits per heavy atom. The lowest BCUT2D eigenvalue weighted by atomic mass is 9.77. The number of aliphatic hydroxyl groups is 1. The number of rotatable bonds is 7. The Morgan fingerprint density at radius 2 is 1.41 bits per heavy atom. The lowest BCUT2D eigenvalue weighted by Gasteiger charge is -2.37. The lowest BCUT2D eigenvalue weighted by Crippen LogP contribution is -2.53. The lowest BCUT2D eigenvalue weighted by molar-refractivity contribution is 0.151. The van der Waals surface area contributed by atoms with Crippen LogP contribution in [0.2, 0.25) is 6.82 Å². The summed E-state index contributed by atoms with van der Waals surface area (Å²) in [4.78, 5) is 6.20. The molecule has 1 fully saturated rings. The van der Waals surface area contributed by atoms with Crippen LogP contribution in [0.1, 0.15) is 28.5 Å². The van der Waals surface area contributed by atoms with Crippen LogP contribution in [-0.2, 0) is 15.4 Å². The quantitative estimate of drug-likeness (QED) is 0.290. The van der Waals surface area contributed by atoms with Gasteiger partial charge >= 0.3 is 7.05 Å². The predicted molar refractivity (Wildman–Crippen MR) is 145 cm³/mol. The maximum Gasteiger partial charge on any atom is 0.376 e. The van der Waals surface area contributed by atoms with Gasteiger partial charge in [-0.25, -0.2) is 13.4 Å². The molecule has 4 aromatic rings. The third-order valence-electron chi connectivity index (χ3n) is 7.29. The fraction of sp³-hybridized carbons (Fsp3) is 0.250. The van der Waals surface area contributed by atoms with Crippen LogP contribution < -0.4 is 0 Å². The van der Waals surface area contributed by atoms with Gasteiger partial charge in [0.2, 0.25) is 0 Å². The van der Waals surface area contributed by atoms with E-state index in [-0.39, 0.29) is 24.5 Å². The number of sulfone groups is 1. The van der Waals surface area contributed by atoms with E-state index in [0.29, 0.717) is 0 Å². The molecule has 1 aromatic heterocycles. The second-order valence-corrected chi connectivity index (χ2v) is 11.8. The third kappa shape index (κ3) is 4.64. The molecule has 1 aliphatic rings. The Hall–Kier alpha value is -3.24. The van der Waals surface area contributed by atoms with Crippen molar-refractivity contribution in [1.82, 2.24) is 14.4 Å². The molecule has 2 atom stereocenters. The number of aromatic nitrogens is 2. The Bertz CT molecular complexity index is 1330. The van der Waals surface area contributed by atoms with E-state index in [2.05, 4.69) is 41.4 Å². The van der Waals surface area contributed by atoms with Crippen molar-refractivity contribution in [3.8, 4) is 0 Å². The first kappa shape index (κ1) is 25.4. The average Bonchev–Trinajstić information content (AvgIpc) is 3.41. The van der Waals surface area contributed by atoms with Crippen LogP contribution in [0.15, 0.2) is 104 Å². The van der Waals surface area contributed by atoms with E-state index in [4.69, 9.17) is 0 Å². The van der Waals surface area contributed by atoms with Crippen LogP contribution in [0.4, 0.5) is 0 Å². The van der Waals surface area contributed by atoms with E-state index in [0.717, 1.165) is 16.7 Å². The molecule has 9 heteroatoms. The molecule has 0 spiro atoms. The van der Waals surface area contributed by atoms with Crippen LogP contribution in [-0.4, -0.2) is 64.1 Å². The summed E-state index contributed by atoms with van der Waals surface area (Å²) in [5.41, 5.74) is 2.45. The second kappa shape index (κ2) is 10.3. The first-order chi connectivity index (χ1) is 17.8. The molecule has 0 bridgehead atoms. The van der Waals surface area contributed by atoms with Crippen LogP contribution in [0.5, 0.6) is 0 Å². The Kier molecular flexibility index (Phi) is 7.05. The molecule has 37 heavy (non-hydrogen) atoms. The minimum absolute atomic E-state index is 0.0369. The van der Waals surface area contributed by atoms with Gasteiger partial charge in [0.15, 0.2) is 9.84 Å². The number of imidazole rings is 1. The Morgan fingerprint density at radius 1 is 0.919 bits per heavy atom. The van der Waals surface area contributed by atoms with E-state index < -0.39 is 33.8 Å². The number of aliphatic hydroxyl groups excluding tert-OH is 1. The summed E-state index contributed by atoms with van der Waals surface area (Å²) in [7, 11) is -4.37. The van der Waals surface area contributed by atoms with E-state index in [1.54, 1.807) is 24.2 Å². The summed E-state index contributed by atoms with van der Waals surface area (Å²) >= 11 is 0. The molecule has 3 aromatic carbocycles. The first-order valence-corrected chi connectivity index (χ1v) is 14.1. The summed E-state index contributed by atoms with van der Waals surface area (Å²) < 4.78 is 27.8. The van der Waals surface area contributed by atoms with Gasteiger partial charge in [0.1, 0.15) is 16.9 Å². The highest BCUT2D eigenvalue weighted by molar-refractivity contribution is 7.92. The van der Waals surface area contributed by atoms with Gasteiger partial charge in [-0.15, -0.1) is 0 Å². The van der Waals surface area contributed by atoms with Crippen LogP contribution >= 0.6 is 0 Å². The molecule has 2 unspecified atom stereocenters. The number of benzene rings is 3. The molecule has 5 rings (SSSR count). The topological polar surface area (TPSA) is 95.7 Å². The minimum atomic E-state index is -3.57. The van der Waals surface area contributed by atoms with E-state index in [1.165, 1.54) is 0 Å². The highest BCUT2D eigenvalue weighted by atomic mass is 32.2. The van der Waals surface area contributed by atoms with Crippen molar-refractivity contribution < 1.29 is 18.5 Å². The second-order valence-electron chi connectivity index (χ2n) is 9.49. The normalized spacial score (nSPS) is 18.8. The summed E-state index contributed by atoms with van der Waals surface area (Å²) in [5, 5.41) is 20.3. The molecule has 1 saturated heterocycles. The van der Waals surface area contributed by atoms with Crippen molar-refractivity contribution in [3.05, 3.63) is 126 Å². The zero-order valence-corrected chi connectivity index (χ0v) is 21.4. The number of nitrogens with zero attached hydrogens (tertiary/aromatic N) is 3. The van der Waals surface area contributed by atoms with Crippen LogP contribution in [0.3, 0.4) is 0 Å². The third-order valence-corrected chi connectivity index (χ3v) is 9.37. The van der Waals surface area contributed by atoms with Crippen molar-refractivity contribution >= 4 is 16.9 Å². The molecule has 0 aliphatic carbocycles. The smallest absolute Gasteiger partial charge is 0.376 e. The zero-order valence-electron chi connectivity index (χ0n) is 20.6. The standard InChI is InChI=1S/C28H30BN3O4S/c1-29(34)32-17-18-37(35,36)26(20-32)27(33)25-19-31(21-30-25)28(22-11-5-2-6-12-22,23-13-7-3-8-14-23)24-15-9-4-10-16-24/h2-16,19,21,26-27,33-34H,17-18,20H2,1H3. The Balaban J connectivity index is 1.66. The summed E-state index contributed by atoms with van der Waals surface area (Å²) in [6, 6.07) is 30.2. The average molecular weight is 515 g/mol. The molecule has 1 aliphatic heterocycles. The van der Waals surface area contributed by atoms with Gasteiger partial charge in [-0.1, -0.05) is 91.0 Å². The van der Waals surface area contributed by atoms with Crippen molar-refractivity contribution in [3.63, 3.8) is 0 Å². The highest BCUT2D eigenvalue weighted by Gasteiger charge is 2.43. The molecule has 7 nitrogen and oxygen atoms in total. The molecule has 0 radical (unpaired) electrons. The molecule has 190 valence electrons. The maximum atomic E-state index is 12.9. The Labute approximate surface area is 218 Å². The van der Waals surface area contributed by atoms with Crippen LogP contribution in [0.25, 0.3) is 0 Å². The van der Waals surface area contributed by atoms with Crippen molar-refractivity contribution in [1.29, 1.82) is 0 Å². The fourth-order valence-electron chi connectivity index (χ4n) is 5.32. The molecular weight excluding hydrogens is 485 g/mol. The largest absolute Gasteiger partial charge is 0.437 e. The SMILES string of the molecule is CB(O)N1CCS(=O)(=O)C(C(O)c2cn(C(c3ccccc3)(c3ccccc3)c3ccccc3)cn2)C1. The van der Waals surface area contributed by atoms with Crippen molar-refractivity contribution in [2.24, 2.45) is 0 Å². The van der Waals surface area contributed by atoms with E-state index >= 15 is 0 Å². The van der Waals surface area contributed by atoms with E-state index in [9.17, 15) is 18.5 Å². The van der Waals surface area contributed by atoms with Gasteiger partial charge in [-0.2, -0.15) is 0 Å². The van der Waals surface area contributed by atoms with Gasteiger partial charge in [-0.3, -0.25) is 0 Å². The van der Waals surface area contributed by atoms with Gasteiger partial charge in [0.25, 0.3) is 0 Å². The number of hydrogen-bond donors (Lipinski definition) is 2. The first-order valence-electron chi connectivity index (χ1n) is 12.4. The predicted octanol–water partition coefficient (Wildman–Crippen LogP) is 2.97. The number of hydrogen-bond acceptors (Lipinski definition) is 6. The molecule has 0 saturated carbocycles. The van der Waals surface area contributed by atoms with Gasteiger partial charge in [0.05, 0.1) is 17.8 Å². The van der Waals surface area contributed by atoms with Gasteiger partial charge in [-0.05, 0) is 23.5 Å². The fourth-order valence-corrected chi connectivity index (χ4v) is 7.06. The highest BCUT2D eigenvalue weighted by Crippen LogP contribution is 2.41. The minimum Gasteiger partial charge on any atom is -0.437 e. The van der Waals surface area contributed by atoms with Crippen molar-refractivity contribution in [2.75, 3.05) is 18.8 Å². The van der Waals surface area contributed by atoms with Gasteiger partial charge in [0, 0.05) is 19.3 Å². The van der Waals surface area contributed by atoms with Crippen LogP contribution in [0, 0.1) is 0 Å². The zero-order chi connectivity index (χ0) is 26.0. The van der Waals surface area contributed by atoms with E-state index in [1.807, 2.05) is 59.2 Å². The molecule has 0 amide bonds. The maximum absolute atomic E-state index is 12.9. The van der Waals surface area contributed by atoms with Gasteiger partial charge < -0.3 is 19.5 Å². The summed E-state index contributed by atoms with van der Waals surface area (Å²) in [5.74, 6) is -0.123. The molecule has 2 heterocycles.